The number of hydrogen-bond acceptors (Lipinski definition) is 0. The molecule has 0 bridgehead atoms. The molecule has 1 aliphatic carbocycles. The van der Waals surface area contributed by atoms with Crippen molar-refractivity contribution in [1.82, 2.24) is 0 Å². The van der Waals surface area contributed by atoms with Crippen LogP contribution in [0.5, 0.6) is 0 Å². The van der Waals surface area contributed by atoms with Gasteiger partial charge in [0.1, 0.15) is 0 Å². The highest BCUT2D eigenvalue weighted by atomic mass is 35.5. The first-order valence-electron chi connectivity index (χ1n) is 6.11. The van der Waals surface area contributed by atoms with Gasteiger partial charge in [-0.2, -0.15) is 0 Å². The highest BCUT2D eigenvalue weighted by Crippen LogP contribution is 2.53. The van der Waals surface area contributed by atoms with E-state index in [9.17, 15) is 0 Å². The average Bonchev–Trinajstić information content (AvgIpc) is 2.65. The Hall–Kier alpha value is -0.980. The van der Waals surface area contributed by atoms with Gasteiger partial charge in [0.15, 0.2) is 0 Å². The molecular weight excluding hydrogens is 263 g/mol. The van der Waals surface area contributed by atoms with E-state index in [-0.39, 0.29) is 10.8 Å². The van der Waals surface area contributed by atoms with Crippen LogP contribution in [-0.2, 0) is 5.41 Å². The molecule has 2 atom stereocenters. The van der Waals surface area contributed by atoms with E-state index in [1.54, 1.807) is 0 Å². The van der Waals surface area contributed by atoms with Gasteiger partial charge in [-0.25, -0.2) is 0 Å². The third kappa shape index (κ3) is 1.67. The molecule has 0 N–H and O–H groups in total. The fourth-order valence-corrected chi connectivity index (χ4v) is 3.90. The van der Waals surface area contributed by atoms with Crippen LogP contribution in [0, 0.1) is 0 Å². The van der Waals surface area contributed by atoms with Crippen LogP contribution in [0.15, 0.2) is 48.5 Å². The van der Waals surface area contributed by atoms with Crippen molar-refractivity contribution in [3.05, 3.63) is 70.2 Å². The molecule has 2 aromatic carbocycles. The molecule has 2 unspecified atom stereocenters. The van der Waals surface area contributed by atoms with E-state index in [0.29, 0.717) is 0 Å². The van der Waals surface area contributed by atoms with Crippen LogP contribution in [-0.4, -0.2) is 0 Å². The summed E-state index contributed by atoms with van der Waals surface area (Å²) in [5.41, 5.74) is 3.57. The smallest absolute Gasteiger partial charge is 0.0600 e. The van der Waals surface area contributed by atoms with Crippen molar-refractivity contribution >= 4 is 23.2 Å². The number of alkyl halides is 1. The largest absolute Gasteiger partial charge is 0.118 e. The topological polar surface area (TPSA) is 0 Å². The van der Waals surface area contributed by atoms with Gasteiger partial charge in [0.2, 0.25) is 0 Å². The summed E-state index contributed by atoms with van der Waals surface area (Å²) in [7, 11) is 0. The van der Waals surface area contributed by atoms with Gasteiger partial charge in [-0.1, -0.05) is 61.0 Å². The lowest BCUT2D eigenvalue weighted by Crippen LogP contribution is -2.20. The van der Waals surface area contributed by atoms with Crippen LogP contribution >= 0.6 is 23.2 Å². The van der Waals surface area contributed by atoms with E-state index in [4.69, 9.17) is 23.2 Å². The molecule has 0 saturated heterocycles. The van der Waals surface area contributed by atoms with Crippen molar-refractivity contribution in [2.45, 2.75) is 24.1 Å². The summed E-state index contributed by atoms with van der Waals surface area (Å²) in [6.07, 6.45) is 0.900. The SMILES string of the molecule is CC1(c2ccccc2)CC(Cl)c2cccc(Cl)c21. The molecule has 0 amide bonds. The maximum Gasteiger partial charge on any atom is 0.0600 e. The maximum absolute atomic E-state index is 6.49. The van der Waals surface area contributed by atoms with E-state index < -0.39 is 0 Å². The second kappa shape index (κ2) is 4.29. The molecule has 2 aromatic rings. The minimum absolute atomic E-state index is 0.0453. The van der Waals surface area contributed by atoms with Crippen LogP contribution < -0.4 is 0 Å². The Balaban J connectivity index is 2.23. The molecule has 3 rings (SSSR count). The average molecular weight is 277 g/mol. The molecule has 0 saturated carbocycles. The van der Waals surface area contributed by atoms with Crippen LogP contribution in [0.1, 0.15) is 35.4 Å². The first-order valence-corrected chi connectivity index (χ1v) is 6.93. The molecule has 18 heavy (non-hydrogen) atoms. The first-order chi connectivity index (χ1) is 8.63. The summed E-state index contributed by atoms with van der Waals surface area (Å²) in [6, 6.07) is 16.5. The number of halogens is 2. The van der Waals surface area contributed by atoms with Crippen molar-refractivity contribution < 1.29 is 0 Å². The summed E-state index contributed by atoms with van der Waals surface area (Å²) in [5.74, 6) is 0. The fraction of sp³-hybridized carbons (Fsp3) is 0.250. The Kier molecular flexibility index (Phi) is 2.88. The van der Waals surface area contributed by atoms with Crippen molar-refractivity contribution in [3.63, 3.8) is 0 Å². The van der Waals surface area contributed by atoms with Crippen LogP contribution in [0.25, 0.3) is 0 Å². The second-order valence-corrected chi connectivity index (χ2v) is 6.01. The Labute approximate surface area is 118 Å². The predicted molar refractivity (Wildman–Crippen MR) is 77.6 cm³/mol. The lowest BCUT2D eigenvalue weighted by molar-refractivity contribution is 0.559. The number of benzene rings is 2. The molecule has 0 nitrogen and oxygen atoms in total. The van der Waals surface area contributed by atoms with Gasteiger partial charge >= 0.3 is 0 Å². The summed E-state index contributed by atoms with van der Waals surface area (Å²) < 4.78 is 0. The quantitative estimate of drug-likeness (QED) is 0.618. The minimum Gasteiger partial charge on any atom is -0.118 e. The van der Waals surface area contributed by atoms with E-state index in [1.165, 1.54) is 16.7 Å². The van der Waals surface area contributed by atoms with Gasteiger partial charge in [-0.15, -0.1) is 11.6 Å². The van der Waals surface area contributed by atoms with Gasteiger partial charge < -0.3 is 0 Å². The fourth-order valence-electron chi connectivity index (χ4n) is 3.02. The zero-order valence-corrected chi connectivity index (χ0v) is 11.7. The van der Waals surface area contributed by atoms with Gasteiger partial charge in [-0.05, 0) is 29.2 Å². The summed E-state index contributed by atoms with van der Waals surface area (Å²) >= 11 is 12.9. The first kappa shape index (κ1) is 12.1. The third-order valence-electron chi connectivity index (χ3n) is 3.93. The Bertz CT molecular complexity index is 577. The van der Waals surface area contributed by atoms with Crippen molar-refractivity contribution in [2.75, 3.05) is 0 Å². The monoisotopic (exact) mass is 276 g/mol. The molecule has 0 radical (unpaired) electrons. The molecule has 0 spiro atoms. The van der Waals surface area contributed by atoms with Gasteiger partial charge in [0.05, 0.1) is 5.38 Å². The highest BCUT2D eigenvalue weighted by Gasteiger charge is 2.42. The van der Waals surface area contributed by atoms with Gasteiger partial charge in [0.25, 0.3) is 0 Å². The lowest BCUT2D eigenvalue weighted by Gasteiger charge is -2.27. The zero-order chi connectivity index (χ0) is 12.8. The Morgan fingerprint density at radius 3 is 2.50 bits per heavy atom. The normalized spacial score (nSPS) is 26.1. The van der Waals surface area contributed by atoms with E-state index in [1.807, 2.05) is 18.2 Å². The van der Waals surface area contributed by atoms with Crippen molar-refractivity contribution in [2.24, 2.45) is 0 Å². The van der Waals surface area contributed by atoms with Crippen molar-refractivity contribution in [3.8, 4) is 0 Å². The van der Waals surface area contributed by atoms with Crippen LogP contribution in [0.2, 0.25) is 5.02 Å². The van der Waals surface area contributed by atoms with Gasteiger partial charge in [0, 0.05) is 10.4 Å². The number of rotatable bonds is 1. The summed E-state index contributed by atoms with van der Waals surface area (Å²) in [6.45, 7) is 2.23. The van der Waals surface area contributed by atoms with Crippen LogP contribution in [0.3, 0.4) is 0 Å². The highest BCUT2D eigenvalue weighted by molar-refractivity contribution is 6.32. The summed E-state index contributed by atoms with van der Waals surface area (Å²) in [5, 5.41) is 0.867. The lowest BCUT2D eigenvalue weighted by atomic mass is 9.77. The van der Waals surface area contributed by atoms with E-state index >= 15 is 0 Å². The van der Waals surface area contributed by atoms with Gasteiger partial charge in [-0.3, -0.25) is 0 Å². The number of hydrogen-bond donors (Lipinski definition) is 0. The number of fused-ring (bicyclic) bond motifs is 1. The molecule has 92 valence electrons. The molecule has 0 heterocycles. The standard InChI is InChI=1S/C16H14Cl2/c1-16(11-6-3-2-4-7-11)10-14(18)12-8-5-9-13(17)15(12)16/h2-9,14H,10H2,1H3. The van der Waals surface area contributed by atoms with Crippen LogP contribution in [0.4, 0.5) is 0 Å². The molecule has 2 heteroatoms. The Morgan fingerprint density at radius 1 is 1.06 bits per heavy atom. The van der Waals surface area contributed by atoms with E-state index in [2.05, 4.69) is 37.3 Å². The van der Waals surface area contributed by atoms with E-state index in [0.717, 1.165) is 11.4 Å². The minimum atomic E-state index is -0.0820. The molecule has 0 fully saturated rings. The molecule has 1 aliphatic rings. The molecular formula is C16H14Cl2. The maximum atomic E-state index is 6.49. The molecule has 0 aliphatic heterocycles. The third-order valence-corrected chi connectivity index (χ3v) is 4.64. The molecule has 0 aromatic heterocycles. The van der Waals surface area contributed by atoms with Crippen molar-refractivity contribution in [1.29, 1.82) is 0 Å². The predicted octanol–water partition coefficient (Wildman–Crippen LogP) is 5.33. The Morgan fingerprint density at radius 2 is 1.78 bits per heavy atom. The summed E-state index contributed by atoms with van der Waals surface area (Å²) in [4.78, 5) is 0. The zero-order valence-electron chi connectivity index (χ0n) is 10.2. The second-order valence-electron chi connectivity index (χ2n) is 5.07.